The van der Waals surface area contributed by atoms with E-state index in [1.165, 1.54) is 13.2 Å². The second-order valence-electron chi connectivity index (χ2n) is 8.69. The molecule has 0 unspecified atom stereocenters. The van der Waals surface area contributed by atoms with Crippen LogP contribution in [0.15, 0.2) is 30.5 Å². The van der Waals surface area contributed by atoms with Crippen LogP contribution >= 0.6 is 0 Å². The number of carboxylic acid groups (broad SMARTS) is 1. The smallest absolute Gasteiger partial charge is 0.303 e. The van der Waals surface area contributed by atoms with Crippen molar-refractivity contribution in [2.75, 3.05) is 7.11 Å². The maximum atomic E-state index is 14.2. The summed E-state index contributed by atoms with van der Waals surface area (Å²) in [4.78, 5) is 16.3. The number of aromatic amines is 1. The van der Waals surface area contributed by atoms with Crippen LogP contribution in [0.1, 0.15) is 69.5 Å². The van der Waals surface area contributed by atoms with Crippen LogP contribution < -0.4 is 4.74 Å². The predicted molar refractivity (Wildman–Crippen MR) is 126 cm³/mol. The molecular formula is C25H29FN4O3. The van der Waals surface area contributed by atoms with Gasteiger partial charge in [-0.3, -0.25) is 9.89 Å². The molecule has 1 atom stereocenters. The van der Waals surface area contributed by atoms with Crippen molar-refractivity contribution < 1.29 is 19.0 Å². The fourth-order valence-electron chi connectivity index (χ4n) is 4.73. The van der Waals surface area contributed by atoms with Crippen molar-refractivity contribution >= 4 is 28.0 Å². The summed E-state index contributed by atoms with van der Waals surface area (Å²) in [5.74, 6) is -0.921. The molecule has 2 N–H and O–H groups in total. The van der Waals surface area contributed by atoms with E-state index in [1.54, 1.807) is 18.3 Å². The first-order chi connectivity index (χ1) is 15.8. The zero-order chi connectivity index (χ0) is 23.7. The number of pyridine rings is 1. The molecule has 0 aliphatic rings. The van der Waals surface area contributed by atoms with Gasteiger partial charge in [0.05, 0.1) is 24.3 Å². The number of carbonyl (C=O) groups is 1. The quantitative estimate of drug-likeness (QED) is 0.329. The Hall–Kier alpha value is -3.42. The highest BCUT2D eigenvalue weighted by molar-refractivity contribution is 5.93. The third kappa shape index (κ3) is 4.17. The lowest BCUT2D eigenvalue weighted by Crippen LogP contribution is -2.09. The number of ether oxygens (including phenoxy) is 1. The molecule has 4 aromatic rings. The first-order valence-corrected chi connectivity index (χ1v) is 11.3. The van der Waals surface area contributed by atoms with E-state index in [9.17, 15) is 14.3 Å². The van der Waals surface area contributed by atoms with E-state index >= 15 is 0 Å². The van der Waals surface area contributed by atoms with Gasteiger partial charge in [0.25, 0.3) is 0 Å². The molecule has 0 bridgehead atoms. The molecule has 33 heavy (non-hydrogen) atoms. The standard InChI is InChI=1S/C25H29FN4O3/c1-5-6-15(7-10-21(31)32)22-23-19(11-16-13-27-29-25(16)28-23)30(24(22)14(2)3)17-8-9-18(26)20(12-17)33-4/h8-9,11-15H,5-7,10H2,1-4H3,(H,31,32)(H,27,28,29)/t15-/m1/s1. The molecule has 7 nitrogen and oxygen atoms in total. The third-order valence-corrected chi connectivity index (χ3v) is 6.11. The monoisotopic (exact) mass is 452 g/mol. The van der Waals surface area contributed by atoms with Crippen molar-refractivity contribution in [2.24, 2.45) is 0 Å². The number of rotatable bonds is 9. The Kier molecular flexibility index (Phi) is 6.35. The summed E-state index contributed by atoms with van der Waals surface area (Å²) in [6.07, 6.45) is 4.11. The molecular weight excluding hydrogens is 423 g/mol. The summed E-state index contributed by atoms with van der Waals surface area (Å²) in [6.45, 7) is 6.33. The summed E-state index contributed by atoms with van der Waals surface area (Å²) in [5.41, 5.74) is 5.27. The largest absolute Gasteiger partial charge is 0.494 e. The van der Waals surface area contributed by atoms with Crippen molar-refractivity contribution in [3.8, 4) is 11.4 Å². The second-order valence-corrected chi connectivity index (χ2v) is 8.69. The minimum atomic E-state index is -0.807. The van der Waals surface area contributed by atoms with Crippen LogP contribution in [-0.2, 0) is 4.79 Å². The van der Waals surface area contributed by atoms with Gasteiger partial charge in [0, 0.05) is 34.8 Å². The maximum absolute atomic E-state index is 14.2. The number of halogens is 1. The van der Waals surface area contributed by atoms with Crippen molar-refractivity contribution in [1.82, 2.24) is 19.7 Å². The number of hydrogen-bond donors (Lipinski definition) is 2. The number of nitrogens with one attached hydrogen (secondary N) is 1. The maximum Gasteiger partial charge on any atom is 0.303 e. The highest BCUT2D eigenvalue weighted by atomic mass is 19.1. The summed E-state index contributed by atoms with van der Waals surface area (Å²) >= 11 is 0. The molecule has 3 aromatic heterocycles. The number of aliphatic carboxylic acids is 1. The number of carboxylic acids is 1. The van der Waals surface area contributed by atoms with E-state index in [1.807, 2.05) is 6.07 Å². The van der Waals surface area contributed by atoms with Crippen LogP contribution in [0, 0.1) is 5.82 Å². The molecule has 0 saturated carbocycles. The summed E-state index contributed by atoms with van der Waals surface area (Å²) in [6, 6.07) is 6.86. The predicted octanol–water partition coefficient (Wildman–Crippen LogP) is 5.92. The van der Waals surface area contributed by atoms with Gasteiger partial charge in [0.1, 0.15) is 0 Å². The van der Waals surface area contributed by atoms with Gasteiger partial charge in [-0.1, -0.05) is 27.2 Å². The molecule has 3 heterocycles. The number of fused-ring (bicyclic) bond motifs is 2. The Morgan fingerprint density at radius 1 is 1.27 bits per heavy atom. The van der Waals surface area contributed by atoms with Gasteiger partial charge in [-0.15, -0.1) is 0 Å². The molecule has 0 radical (unpaired) electrons. The van der Waals surface area contributed by atoms with E-state index < -0.39 is 11.8 Å². The fraction of sp³-hybridized carbons (Fsp3) is 0.400. The first-order valence-electron chi connectivity index (χ1n) is 11.3. The average molecular weight is 453 g/mol. The number of methoxy groups -OCH3 is 1. The van der Waals surface area contributed by atoms with Crippen LogP contribution in [0.25, 0.3) is 27.8 Å². The fourth-order valence-corrected chi connectivity index (χ4v) is 4.73. The van der Waals surface area contributed by atoms with Crippen LogP contribution in [0.4, 0.5) is 4.39 Å². The molecule has 4 rings (SSSR count). The average Bonchev–Trinajstić information content (AvgIpc) is 3.37. The SMILES string of the molecule is CCC[C@H](CCC(=O)O)c1c(C(C)C)n(-c2ccc(F)c(OC)c2)c2cc3cn[nH]c3nc12. The molecule has 0 saturated heterocycles. The van der Waals surface area contributed by atoms with Gasteiger partial charge in [0.15, 0.2) is 17.2 Å². The van der Waals surface area contributed by atoms with Gasteiger partial charge in [-0.25, -0.2) is 9.37 Å². The van der Waals surface area contributed by atoms with Crippen LogP contribution in [0.3, 0.4) is 0 Å². The Balaban J connectivity index is 2.08. The lowest BCUT2D eigenvalue weighted by Gasteiger charge is -2.21. The first kappa shape index (κ1) is 22.8. The van der Waals surface area contributed by atoms with Gasteiger partial charge in [0.2, 0.25) is 0 Å². The molecule has 8 heteroatoms. The van der Waals surface area contributed by atoms with Crippen molar-refractivity contribution in [1.29, 1.82) is 0 Å². The van der Waals surface area contributed by atoms with Gasteiger partial charge in [-0.05, 0) is 42.9 Å². The zero-order valence-electron chi connectivity index (χ0n) is 19.4. The Morgan fingerprint density at radius 2 is 2.06 bits per heavy atom. The van der Waals surface area contributed by atoms with Crippen molar-refractivity contribution in [3.05, 3.63) is 47.5 Å². The highest BCUT2D eigenvalue weighted by Crippen LogP contribution is 2.42. The Bertz CT molecular complexity index is 1310. The number of nitrogens with zero attached hydrogens (tertiary/aromatic N) is 3. The van der Waals surface area contributed by atoms with Crippen molar-refractivity contribution in [3.63, 3.8) is 0 Å². The van der Waals surface area contributed by atoms with E-state index in [0.29, 0.717) is 12.1 Å². The molecule has 174 valence electrons. The summed E-state index contributed by atoms with van der Waals surface area (Å²) in [5, 5.41) is 17.3. The normalized spacial score (nSPS) is 12.7. The highest BCUT2D eigenvalue weighted by Gasteiger charge is 2.28. The summed E-state index contributed by atoms with van der Waals surface area (Å²) < 4.78 is 21.6. The zero-order valence-corrected chi connectivity index (χ0v) is 19.4. The van der Waals surface area contributed by atoms with E-state index in [4.69, 9.17) is 9.72 Å². The number of H-pyrrole nitrogens is 1. The van der Waals surface area contributed by atoms with E-state index in [-0.39, 0.29) is 24.0 Å². The minimum absolute atomic E-state index is 0.0301. The van der Waals surface area contributed by atoms with Gasteiger partial charge in [-0.2, -0.15) is 5.10 Å². The molecule has 0 aliphatic carbocycles. The number of aromatic nitrogens is 4. The number of hydrogen-bond acceptors (Lipinski definition) is 4. The molecule has 0 amide bonds. The Morgan fingerprint density at radius 3 is 2.73 bits per heavy atom. The van der Waals surface area contributed by atoms with Crippen molar-refractivity contribution in [2.45, 2.75) is 58.3 Å². The molecule has 0 aliphatic heterocycles. The second kappa shape index (κ2) is 9.21. The van der Waals surface area contributed by atoms with Gasteiger partial charge >= 0.3 is 5.97 Å². The molecule has 0 fully saturated rings. The van der Waals surface area contributed by atoms with E-state index in [0.717, 1.165) is 46.2 Å². The lowest BCUT2D eigenvalue weighted by atomic mass is 9.87. The topological polar surface area (TPSA) is 93.0 Å². The molecule has 1 aromatic carbocycles. The summed E-state index contributed by atoms with van der Waals surface area (Å²) in [7, 11) is 1.45. The van der Waals surface area contributed by atoms with Crippen LogP contribution in [0.5, 0.6) is 5.75 Å². The minimum Gasteiger partial charge on any atom is -0.494 e. The molecule has 0 spiro atoms. The van der Waals surface area contributed by atoms with Gasteiger partial charge < -0.3 is 14.4 Å². The Labute approximate surface area is 191 Å². The van der Waals surface area contributed by atoms with Crippen LogP contribution in [-0.4, -0.2) is 37.9 Å². The number of benzene rings is 1. The lowest BCUT2D eigenvalue weighted by molar-refractivity contribution is -0.137. The third-order valence-electron chi connectivity index (χ3n) is 6.11. The van der Waals surface area contributed by atoms with Crippen LogP contribution in [0.2, 0.25) is 0 Å². The van der Waals surface area contributed by atoms with E-state index in [2.05, 4.69) is 35.5 Å².